The number of aromatic nitrogens is 2. The lowest BCUT2D eigenvalue weighted by atomic mass is 10.2. The fourth-order valence-corrected chi connectivity index (χ4v) is 2.17. The van der Waals surface area contributed by atoms with E-state index in [1.807, 2.05) is 10.9 Å². The van der Waals surface area contributed by atoms with Crippen LogP contribution in [0.3, 0.4) is 0 Å². The second-order valence-electron chi connectivity index (χ2n) is 4.80. The second kappa shape index (κ2) is 6.95. The van der Waals surface area contributed by atoms with Crippen molar-refractivity contribution in [3.8, 4) is 0 Å². The molecule has 1 aromatic carbocycles. The predicted molar refractivity (Wildman–Crippen MR) is 78.6 cm³/mol. The van der Waals surface area contributed by atoms with Gasteiger partial charge in [-0.05, 0) is 18.5 Å². The molecule has 0 radical (unpaired) electrons. The van der Waals surface area contributed by atoms with Gasteiger partial charge >= 0.3 is 0 Å². The normalized spacial score (nSPS) is 11.1. The molecule has 0 amide bonds. The SMILES string of the molecule is CCCN(CCn1cc(N)cn1)Cc1ccccc1. The summed E-state index contributed by atoms with van der Waals surface area (Å²) in [6.07, 6.45) is 4.74. The molecule has 0 spiro atoms. The summed E-state index contributed by atoms with van der Waals surface area (Å²) in [6, 6.07) is 10.6. The third kappa shape index (κ3) is 4.41. The quantitative estimate of drug-likeness (QED) is 0.829. The van der Waals surface area contributed by atoms with Crippen molar-refractivity contribution in [1.82, 2.24) is 14.7 Å². The van der Waals surface area contributed by atoms with E-state index in [0.29, 0.717) is 0 Å². The summed E-state index contributed by atoms with van der Waals surface area (Å²) in [5, 5.41) is 4.22. The molecule has 2 N–H and O–H groups in total. The zero-order valence-electron chi connectivity index (χ0n) is 11.5. The van der Waals surface area contributed by atoms with Crippen LogP contribution >= 0.6 is 0 Å². The van der Waals surface area contributed by atoms with Crippen molar-refractivity contribution >= 4 is 5.69 Å². The zero-order chi connectivity index (χ0) is 13.5. The average molecular weight is 258 g/mol. The van der Waals surface area contributed by atoms with Gasteiger partial charge in [-0.1, -0.05) is 37.3 Å². The third-order valence-electron chi connectivity index (χ3n) is 3.09. The molecule has 102 valence electrons. The number of nitrogen functional groups attached to an aromatic ring is 1. The molecule has 0 aliphatic carbocycles. The van der Waals surface area contributed by atoms with Crippen LogP contribution in [0.4, 0.5) is 5.69 Å². The highest BCUT2D eigenvalue weighted by Crippen LogP contribution is 2.06. The molecule has 1 heterocycles. The maximum atomic E-state index is 5.67. The molecule has 0 aliphatic heterocycles. The fraction of sp³-hybridized carbons (Fsp3) is 0.400. The van der Waals surface area contributed by atoms with Crippen LogP contribution in [0.25, 0.3) is 0 Å². The molecule has 4 nitrogen and oxygen atoms in total. The lowest BCUT2D eigenvalue weighted by molar-refractivity contribution is 0.251. The number of hydrogen-bond donors (Lipinski definition) is 1. The first kappa shape index (κ1) is 13.6. The van der Waals surface area contributed by atoms with E-state index in [1.54, 1.807) is 6.20 Å². The van der Waals surface area contributed by atoms with Gasteiger partial charge in [0.2, 0.25) is 0 Å². The van der Waals surface area contributed by atoms with Crippen molar-refractivity contribution in [2.45, 2.75) is 26.4 Å². The van der Waals surface area contributed by atoms with Crippen molar-refractivity contribution in [1.29, 1.82) is 0 Å². The maximum absolute atomic E-state index is 5.67. The van der Waals surface area contributed by atoms with Crippen LogP contribution in [0.1, 0.15) is 18.9 Å². The lowest BCUT2D eigenvalue weighted by Crippen LogP contribution is -2.28. The van der Waals surface area contributed by atoms with Crippen molar-refractivity contribution in [2.24, 2.45) is 0 Å². The highest BCUT2D eigenvalue weighted by molar-refractivity contribution is 5.30. The second-order valence-corrected chi connectivity index (χ2v) is 4.80. The largest absolute Gasteiger partial charge is 0.396 e. The molecule has 0 bridgehead atoms. The average Bonchev–Trinajstić information content (AvgIpc) is 2.83. The van der Waals surface area contributed by atoms with Gasteiger partial charge in [0.1, 0.15) is 0 Å². The van der Waals surface area contributed by atoms with Crippen molar-refractivity contribution < 1.29 is 0 Å². The van der Waals surface area contributed by atoms with Gasteiger partial charge in [-0.25, -0.2) is 0 Å². The van der Waals surface area contributed by atoms with Gasteiger partial charge in [0.25, 0.3) is 0 Å². The first-order valence-electron chi connectivity index (χ1n) is 6.82. The summed E-state index contributed by atoms with van der Waals surface area (Å²) in [6.45, 7) is 6.18. The Morgan fingerprint density at radius 3 is 2.63 bits per heavy atom. The Morgan fingerprint density at radius 2 is 2.00 bits per heavy atom. The monoisotopic (exact) mass is 258 g/mol. The van der Waals surface area contributed by atoms with Gasteiger partial charge in [-0.3, -0.25) is 9.58 Å². The van der Waals surface area contributed by atoms with Gasteiger partial charge in [0, 0.05) is 19.3 Å². The molecule has 2 aromatic rings. The standard InChI is InChI=1S/C15H22N4/c1-2-8-18(12-14-6-4-3-5-7-14)9-10-19-13-15(16)11-17-19/h3-7,11,13H,2,8-10,12,16H2,1H3. The van der Waals surface area contributed by atoms with E-state index in [0.717, 1.165) is 38.3 Å². The third-order valence-corrected chi connectivity index (χ3v) is 3.09. The van der Waals surface area contributed by atoms with Crippen LogP contribution in [0.15, 0.2) is 42.7 Å². The summed E-state index contributed by atoms with van der Waals surface area (Å²) in [4.78, 5) is 2.45. The minimum Gasteiger partial charge on any atom is -0.396 e. The molecule has 4 heteroatoms. The van der Waals surface area contributed by atoms with E-state index in [1.165, 1.54) is 5.56 Å². The number of anilines is 1. The zero-order valence-corrected chi connectivity index (χ0v) is 11.5. The summed E-state index contributed by atoms with van der Waals surface area (Å²) in [5.74, 6) is 0. The lowest BCUT2D eigenvalue weighted by Gasteiger charge is -2.21. The Hall–Kier alpha value is -1.81. The molecule has 0 fully saturated rings. The fourth-order valence-electron chi connectivity index (χ4n) is 2.17. The van der Waals surface area contributed by atoms with Gasteiger partial charge < -0.3 is 5.73 Å². The summed E-state index contributed by atoms with van der Waals surface area (Å²) < 4.78 is 1.91. The predicted octanol–water partition coefficient (Wildman–Crippen LogP) is 2.38. The summed E-state index contributed by atoms with van der Waals surface area (Å²) in [7, 11) is 0. The van der Waals surface area contributed by atoms with Crippen molar-refractivity contribution in [3.63, 3.8) is 0 Å². The van der Waals surface area contributed by atoms with E-state index in [-0.39, 0.29) is 0 Å². The first-order valence-corrected chi connectivity index (χ1v) is 6.82. The van der Waals surface area contributed by atoms with Gasteiger partial charge in [-0.2, -0.15) is 5.10 Å². The van der Waals surface area contributed by atoms with Crippen molar-refractivity contribution in [2.75, 3.05) is 18.8 Å². The van der Waals surface area contributed by atoms with Gasteiger partial charge in [0.05, 0.1) is 18.4 Å². The Balaban J connectivity index is 1.89. The highest BCUT2D eigenvalue weighted by atomic mass is 15.3. The molecule has 1 aromatic heterocycles. The number of benzene rings is 1. The molecule has 0 unspecified atom stereocenters. The minimum atomic E-state index is 0.727. The Labute approximate surface area is 114 Å². The molecule has 0 atom stereocenters. The number of rotatable bonds is 7. The van der Waals surface area contributed by atoms with E-state index < -0.39 is 0 Å². The number of hydrogen-bond acceptors (Lipinski definition) is 3. The molecule has 19 heavy (non-hydrogen) atoms. The Kier molecular flexibility index (Phi) is 4.98. The molecular formula is C15H22N4. The van der Waals surface area contributed by atoms with Crippen LogP contribution in [-0.2, 0) is 13.1 Å². The van der Waals surface area contributed by atoms with E-state index >= 15 is 0 Å². The van der Waals surface area contributed by atoms with Crippen LogP contribution in [0.2, 0.25) is 0 Å². The van der Waals surface area contributed by atoms with Gasteiger partial charge in [-0.15, -0.1) is 0 Å². The maximum Gasteiger partial charge on any atom is 0.0719 e. The molecule has 0 saturated heterocycles. The van der Waals surface area contributed by atoms with Crippen LogP contribution < -0.4 is 5.73 Å². The van der Waals surface area contributed by atoms with Crippen LogP contribution in [0.5, 0.6) is 0 Å². The van der Waals surface area contributed by atoms with E-state index in [2.05, 4.69) is 47.3 Å². The summed E-state index contributed by atoms with van der Waals surface area (Å²) in [5.41, 5.74) is 7.75. The molecule has 2 rings (SSSR count). The summed E-state index contributed by atoms with van der Waals surface area (Å²) >= 11 is 0. The van der Waals surface area contributed by atoms with E-state index in [9.17, 15) is 0 Å². The Morgan fingerprint density at radius 1 is 1.21 bits per heavy atom. The number of nitrogens with zero attached hydrogens (tertiary/aromatic N) is 3. The molecular weight excluding hydrogens is 236 g/mol. The van der Waals surface area contributed by atoms with Crippen LogP contribution in [0, 0.1) is 0 Å². The van der Waals surface area contributed by atoms with Gasteiger partial charge in [0.15, 0.2) is 0 Å². The molecule has 0 aliphatic rings. The minimum absolute atomic E-state index is 0.727. The topological polar surface area (TPSA) is 47.1 Å². The molecule has 0 saturated carbocycles. The van der Waals surface area contributed by atoms with Crippen molar-refractivity contribution in [3.05, 3.63) is 48.3 Å². The smallest absolute Gasteiger partial charge is 0.0719 e. The number of nitrogens with two attached hydrogens (primary N) is 1. The first-order chi connectivity index (χ1) is 9.28. The van der Waals surface area contributed by atoms with E-state index in [4.69, 9.17) is 5.73 Å². The Bertz CT molecular complexity index is 478. The van der Waals surface area contributed by atoms with Crippen LogP contribution in [-0.4, -0.2) is 27.8 Å². The highest BCUT2D eigenvalue weighted by Gasteiger charge is 2.05.